The summed E-state index contributed by atoms with van der Waals surface area (Å²) >= 11 is 11.7. The van der Waals surface area contributed by atoms with Crippen LogP contribution in [0.3, 0.4) is 0 Å². The number of carbonyl (C=O) groups is 1. The Hall–Kier alpha value is 0.0700. The molecule has 0 aliphatic carbocycles. The highest BCUT2D eigenvalue weighted by Crippen LogP contribution is 2.25. The lowest BCUT2D eigenvalue weighted by atomic mass is 10.1. The normalized spacial score (nSPS) is 10.2. The van der Waals surface area contributed by atoms with Crippen molar-refractivity contribution in [2.24, 2.45) is 0 Å². The molecule has 0 N–H and O–H groups in total. The van der Waals surface area contributed by atoms with Crippen LogP contribution in [0, 0.1) is 5.82 Å². The summed E-state index contributed by atoms with van der Waals surface area (Å²) < 4.78 is 13.7. The fourth-order valence-electron chi connectivity index (χ4n) is 0.875. The largest absolute Gasteiger partial charge is 0.293 e. The summed E-state index contributed by atoms with van der Waals surface area (Å²) in [6, 6.07) is 2.70. The van der Waals surface area contributed by atoms with Crippen LogP contribution in [0.4, 0.5) is 4.39 Å². The zero-order chi connectivity index (χ0) is 10.0. The molecule has 1 rings (SSSR count). The van der Waals surface area contributed by atoms with E-state index in [9.17, 15) is 9.18 Å². The summed E-state index contributed by atoms with van der Waals surface area (Å²) in [7, 11) is 0. The second kappa shape index (κ2) is 4.53. The topological polar surface area (TPSA) is 17.1 Å². The molecule has 1 aromatic carbocycles. The average molecular weight is 330 g/mol. The SMILES string of the molecule is O=C(CBr)c1c(F)cc(Br)cc1Cl. The van der Waals surface area contributed by atoms with Crippen LogP contribution in [-0.2, 0) is 0 Å². The van der Waals surface area contributed by atoms with Crippen molar-refractivity contribution < 1.29 is 9.18 Å². The molecule has 1 nitrogen and oxygen atoms in total. The van der Waals surface area contributed by atoms with E-state index in [2.05, 4.69) is 31.9 Å². The van der Waals surface area contributed by atoms with Crippen LogP contribution < -0.4 is 0 Å². The molecule has 0 saturated heterocycles. The van der Waals surface area contributed by atoms with Crippen molar-refractivity contribution in [3.63, 3.8) is 0 Å². The Morgan fingerprint density at radius 1 is 1.54 bits per heavy atom. The van der Waals surface area contributed by atoms with Gasteiger partial charge in [-0.3, -0.25) is 4.79 Å². The number of hydrogen-bond acceptors (Lipinski definition) is 1. The smallest absolute Gasteiger partial charge is 0.177 e. The molecule has 5 heteroatoms. The highest BCUT2D eigenvalue weighted by Gasteiger charge is 2.15. The summed E-state index contributed by atoms with van der Waals surface area (Å²) in [5.41, 5.74) is -0.0678. The first kappa shape index (κ1) is 11.1. The molecule has 1 aromatic rings. The van der Waals surface area contributed by atoms with Crippen LogP contribution in [0.25, 0.3) is 0 Å². The molecule has 0 heterocycles. The lowest BCUT2D eigenvalue weighted by Gasteiger charge is -2.03. The van der Waals surface area contributed by atoms with Gasteiger partial charge in [0.2, 0.25) is 0 Å². The summed E-state index contributed by atoms with van der Waals surface area (Å²) in [6.45, 7) is 0. The molecule has 0 aliphatic rings. The van der Waals surface area contributed by atoms with Crippen LogP contribution in [0.5, 0.6) is 0 Å². The number of ketones is 1. The molecular weight excluding hydrogens is 326 g/mol. The number of carbonyl (C=O) groups excluding carboxylic acids is 1. The minimum atomic E-state index is -0.608. The van der Waals surface area contributed by atoms with Gasteiger partial charge in [-0.1, -0.05) is 43.5 Å². The van der Waals surface area contributed by atoms with Gasteiger partial charge >= 0.3 is 0 Å². The summed E-state index contributed by atoms with van der Waals surface area (Å²) in [5, 5.41) is 0.182. The van der Waals surface area contributed by atoms with Crippen LogP contribution in [0.2, 0.25) is 5.02 Å². The number of Topliss-reactive ketones (excluding diaryl/α,β-unsaturated/α-hetero) is 1. The number of halogens is 4. The molecule has 0 saturated carbocycles. The van der Waals surface area contributed by atoms with Gasteiger partial charge < -0.3 is 0 Å². The van der Waals surface area contributed by atoms with Gasteiger partial charge in [0.1, 0.15) is 5.82 Å². The van der Waals surface area contributed by atoms with Gasteiger partial charge in [-0.05, 0) is 12.1 Å². The number of rotatable bonds is 2. The van der Waals surface area contributed by atoms with E-state index in [4.69, 9.17) is 11.6 Å². The van der Waals surface area contributed by atoms with Crippen molar-refractivity contribution in [1.82, 2.24) is 0 Å². The molecule has 0 spiro atoms. The van der Waals surface area contributed by atoms with E-state index in [0.717, 1.165) is 0 Å². The molecule has 0 atom stereocenters. The first-order valence-electron chi connectivity index (χ1n) is 3.30. The fraction of sp³-hybridized carbons (Fsp3) is 0.125. The predicted molar refractivity (Wildman–Crippen MR) is 57.2 cm³/mol. The lowest BCUT2D eigenvalue weighted by Crippen LogP contribution is -2.04. The molecule has 0 bridgehead atoms. The molecule has 0 aliphatic heterocycles. The van der Waals surface area contributed by atoms with Gasteiger partial charge in [-0.15, -0.1) is 0 Å². The second-order valence-electron chi connectivity index (χ2n) is 2.30. The minimum Gasteiger partial charge on any atom is -0.293 e. The Morgan fingerprint density at radius 3 is 2.62 bits per heavy atom. The van der Waals surface area contributed by atoms with Crippen molar-refractivity contribution in [3.8, 4) is 0 Å². The van der Waals surface area contributed by atoms with Crippen molar-refractivity contribution in [2.45, 2.75) is 0 Å². The van der Waals surface area contributed by atoms with E-state index in [0.29, 0.717) is 4.47 Å². The molecule has 13 heavy (non-hydrogen) atoms. The van der Waals surface area contributed by atoms with Gasteiger partial charge in [0, 0.05) is 4.47 Å². The first-order chi connectivity index (χ1) is 6.06. The molecule has 0 radical (unpaired) electrons. The van der Waals surface area contributed by atoms with E-state index < -0.39 is 5.82 Å². The van der Waals surface area contributed by atoms with E-state index >= 15 is 0 Å². The summed E-state index contributed by atoms with van der Waals surface area (Å²) in [6.07, 6.45) is 0. The van der Waals surface area contributed by atoms with Gasteiger partial charge in [0.15, 0.2) is 5.78 Å². The van der Waals surface area contributed by atoms with E-state index in [-0.39, 0.29) is 21.7 Å². The Morgan fingerprint density at radius 2 is 2.15 bits per heavy atom. The number of hydrogen-bond donors (Lipinski definition) is 0. The first-order valence-corrected chi connectivity index (χ1v) is 5.59. The Labute approximate surface area is 96.5 Å². The summed E-state index contributed by atoms with van der Waals surface area (Å²) in [4.78, 5) is 11.2. The zero-order valence-corrected chi connectivity index (χ0v) is 10.2. The van der Waals surface area contributed by atoms with Gasteiger partial charge in [-0.25, -0.2) is 4.39 Å². The third-order valence-electron chi connectivity index (χ3n) is 1.41. The van der Waals surface area contributed by atoms with Gasteiger partial charge in [0.05, 0.1) is 15.9 Å². The third kappa shape index (κ3) is 2.51. The highest BCUT2D eigenvalue weighted by molar-refractivity contribution is 9.10. The quantitative estimate of drug-likeness (QED) is 0.595. The van der Waals surface area contributed by atoms with E-state index in [1.807, 2.05) is 0 Å². The van der Waals surface area contributed by atoms with Crippen LogP contribution in [0.15, 0.2) is 16.6 Å². The second-order valence-corrected chi connectivity index (χ2v) is 4.18. The maximum absolute atomic E-state index is 13.2. The monoisotopic (exact) mass is 328 g/mol. The molecule has 0 fully saturated rings. The average Bonchev–Trinajstić information content (AvgIpc) is 2.02. The van der Waals surface area contributed by atoms with Crippen molar-refractivity contribution >= 4 is 49.2 Å². The fourth-order valence-corrected chi connectivity index (χ4v) is 2.03. The number of benzene rings is 1. The Bertz CT molecular complexity index is 331. The lowest BCUT2D eigenvalue weighted by molar-refractivity contribution is 0.102. The standard InChI is InChI=1S/C8H4Br2ClFO/c9-3-7(13)8-5(11)1-4(10)2-6(8)12/h1-2H,3H2. The highest BCUT2D eigenvalue weighted by atomic mass is 79.9. The molecular formula is C8H4Br2ClFO. The maximum atomic E-state index is 13.2. The minimum absolute atomic E-state index is 0.0608. The Kier molecular flexibility index (Phi) is 3.88. The molecule has 0 unspecified atom stereocenters. The predicted octanol–water partition coefficient (Wildman–Crippen LogP) is 3.82. The zero-order valence-electron chi connectivity index (χ0n) is 6.28. The van der Waals surface area contributed by atoms with Crippen LogP contribution in [0.1, 0.15) is 10.4 Å². The van der Waals surface area contributed by atoms with Gasteiger partial charge in [0.25, 0.3) is 0 Å². The van der Waals surface area contributed by atoms with Crippen molar-refractivity contribution in [1.29, 1.82) is 0 Å². The van der Waals surface area contributed by atoms with E-state index in [1.54, 1.807) is 0 Å². The molecule has 70 valence electrons. The molecule has 0 aromatic heterocycles. The van der Waals surface area contributed by atoms with E-state index in [1.165, 1.54) is 12.1 Å². The third-order valence-corrected chi connectivity index (χ3v) is 2.67. The van der Waals surface area contributed by atoms with Crippen molar-refractivity contribution in [3.05, 3.63) is 33.0 Å². The molecule has 0 amide bonds. The summed E-state index contributed by atoms with van der Waals surface area (Å²) in [5.74, 6) is -0.973. The maximum Gasteiger partial charge on any atom is 0.177 e. The number of alkyl halides is 1. The van der Waals surface area contributed by atoms with Gasteiger partial charge in [-0.2, -0.15) is 0 Å². The Balaban J connectivity index is 3.28. The van der Waals surface area contributed by atoms with Crippen molar-refractivity contribution in [2.75, 3.05) is 5.33 Å². The van der Waals surface area contributed by atoms with Crippen LogP contribution >= 0.6 is 43.5 Å². The van der Waals surface area contributed by atoms with Crippen LogP contribution in [-0.4, -0.2) is 11.1 Å².